The first kappa shape index (κ1) is 18.6. The van der Waals surface area contributed by atoms with E-state index in [1.54, 1.807) is 6.07 Å². The number of carbonyl (C=O) groups excluding carboxylic acids is 1. The van der Waals surface area contributed by atoms with Gasteiger partial charge in [-0.2, -0.15) is 0 Å². The van der Waals surface area contributed by atoms with Crippen LogP contribution in [-0.2, 0) is 11.3 Å². The molecule has 0 aliphatic carbocycles. The van der Waals surface area contributed by atoms with Crippen molar-refractivity contribution in [2.75, 3.05) is 26.2 Å². The zero-order chi connectivity index (χ0) is 17.5. The van der Waals surface area contributed by atoms with Gasteiger partial charge in [-0.05, 0) is 44.8 Å². The fourth-order valence-corrected chi connectivity index (χ4v) is 3.01. The second-order valence-corrected chi connectivity index (χ2v) is 6.89. The van der Waals surface area contributed by atoms with Crippen LogP contribution in [0.1, 0.15) is 39.2 Å². The van der Waals surface area contributed by atoms with Crippen molar-refractivity contribution in [3.8, 4) is 11.5 Å². The highest BCUT2D eigenvalue weighted by Gasteiger charge is 2.25. The summed E-state index contributed by atoms with van der Waals surface area (Å²) in [5.74, 6) is 1.55. The molecule has 0 bridgehead atoms. The maximum atomic E-state index is 12.2. The van der Waals surface area contributed by atoms with Crippen molar-refractivity contribution in [2.24, 2.45) is 11.8 Å². The van der Waals surface area contributed by atoms with Gasteiger partial charge in [-0.3, -0.25) is 9.69 Å². The zero-order valence-electron chi connectivity index (χ0n) is 15.0. The Balaban J connectivity index is 1.85. The third-order valence-corrected chi connectivity index (χ3v) is 4.42. The predicted octanol–water partition coefficient (Wildman–Crippen LogP) is 2.78. The third kappa shape index (κ3) is 5.13. The number of hydrogen-bond acceptors (Lipinski definition) is 4. The van der Waals surface area contributed by atoms with E-state index in [4.69, 9.17) is 4.74 Å². The Bertz CT molecular complexity index is 537. The Morgan fingerprint density at radius 1 is 1.38 bits per heavy atom. The summed E-state index contributed by atoms with van der Waals surface area (Å²) < 4.78 is 5.44. The molecule has 2 rings (SSSR count). The van der Waals surface area contributed by atoms with E-state index in [1.807, 2.05) is 19.1 Å². The van der Waals surface area contributed by atoms with Crippen LogP contribution in [0.2, 0.25) is 0 Å². The number of rotatable bonds is 7. The van der Waals surface area contributed by atoms with Gasteiger partial charge >= 0.3 is 0 Å². The van der Waals surface area contributed by atoms with Crippen LogP contribution >= 0.6 is 0 Å². The third-order valence-electron chi connectivity index (χ3n) is 4.42. The normalized spacial score (nSPS) is 16.3. The Labute approximate surface area is 145 Å². The number of piperidine rings is 1. The molecule has 134 valence electrons. The largest absolute Gasteiger partial charge is 0.504 e. The first-order chi connectivity index (χ1) is 11.5. The SMILES string of the molecule is CCOc1cccc(CN2CCC(C(=O)NCC(C)C)CC2)c1O. The molecular weight excluding hydrogens is 304 g/mol. The molecule has 1 fully saturated rings. The second-order valence-electron chi connectivity index (χ2n) is 6.89. The average molecular weight is 334 g/mol. The quantitative estimate of drug-likeness (QED) is 0.805. The summed E-state index contributed by atoms with van der Waals surface area (Å²) in [6.07, 6.45) is 1.74. The smallest absolute Gasteiger partial charge is 0.223 e. The van der Waals surface area contributed by atoms with Gasteiger partial charge in [0.1, 0.15) is 0 Å². The van der Waals surface area contributed by atoms with Gasteiger partial charge in [0.15, 0.2) is 11.5 Å². The maximum Gasteiger partial charge on any atom is 0.223 e. The van der Waals surface area contributed by atoms with Crippen LogP contribution in [-0.4, -0.2) is 42.2 Å². The monoisotopic (exact) mass is 334 g/mol. The molecule has 0 saturated carbocycles. The van der Waals surface area contributed by atoms with Crippen molar-refractivity contribution < 1.29 is 14.6 Å². The first-order valence-electron chi connectivity index (χ1n) is 8.95. The van der Waals surface area contributed by atoms with Gasteiger partial charge in [-0.25, -0.2) is 0 Å². The average Bonchev–Trinajstić information content (AvgIpc) is 2.57. The summed E-state index contributed by atoms with van der Waals surface area (Å²) in [7, 11) is 0. The van der Waals surface area contributed by atoms with E-state index in [1.165, 1.54) is 0 Å². The molecule has 1 aliphatic rings. The van der Waals surface area contributed by atoms with Crippen LogP contribution in [0.5, 0.6) is 11.5 Å². The van der Waals surface area contributed by atoms with Gasteiger partial charge < -0.3 is 15.2 Å². The number of para-hydroxylation sites is 1. The minimum absolute atomic E-state index is 0.114. The lowest BCUT2D eigenvalue weighted by Crippen LogP contribution is -2.41. The molecule has 0 aromatic heterocycles. The molecule has 1 amide bonds. The Morgan fingerprint density at radius 2 is 2.08 bits per heavy atom. The molecule has 0 spiro atoms. The number of nitrogens with zero attached hydrogens (tertiary/aromatic N) is 1. The van der Waals surface area contributed by atoms with Crippen LogP contribution in [0.15, 0.2) is 18.2 Å². The number of phenolic OH excluding ortho intramolecular Hbond substituents is 1. The number of phenols is 1. The number of aromatic hydroxyl groups is 1. The summed E-state index contributed by atoms with van der Waals surface area (Å²) in [5, 5.41) is 13.3. The molecule has 1 aromatic rings. The maximum absolute atomic E-state index is 12.2. The fraction of sp³-hybridized carbons (Fsp3) is 0.632. The number of hydrogen-bond donors (Lipinski definition) is 2. The summed E-state index contributed by atoms with van der Waals surface area (Å²) in [6.45, 7) is 9.83. The molecule has 5 nitrogen and oxygen atoms in total. The number of ether oxygens (including phenoxy) is 1. The van der Waals surface area contributed by atoms with Crippen LogP contribution in [0, 0.1) is 11.8 Å². The summed E-state index contributed by atoms with van der Waals surface area (Å²) in [6, 6.07) is 5.62. The molecule has 1 heterocycles. The van der Waals surface area contributed by atoms with Gasteiger partial charge in [0.2, 0.25) is 5.91 Å². The number of amides is 1. The van der Waals surface area contributed by atoms with Crippen LogP contribution in [0.25, 0.3) is 0 Å². The number of likely N-dealkylation sites (tertiary alicyclic amines) is 1. The van der Waals surface area contributed by atoms with Crippen molar-refractivity contribution in [1.82, 2.24) is 10.2 Å². The van der Waals surface area contributed by atoms with Crippen molar-refractivity contribution in [3.63, 3.8) is 0 Å². The summed E-state index contributed by atoms with van der Waals surface area (Å²) >= 11 is 0. The minimum atomic E-state index is 0.114. The lowest BCUT2D eigenvalue weighted by Gasteiger charge is -2.31. The highest BCUT2D eigenvalue weighted by Crippen LogP contribution is 2.31. The van der Waals surface area contributed by atoms with E-state index in [9.17, 15) is 9.90 Å². The predicted molar refractivity (Wildman–Crippen MR) is 95.1 cm³/mol. The van der Waals surface area contributed by atoms with Gasteiger partial charge in [0.25, 0.3) is 0 Å². The Morgan fingerprint density at radius 3 is 2.71 bits per heavy atom. The molecule has 0 atom stereocenters. The van der Waals surface area contributed by atoms with E-state index in [0.29, 0.717) is 24.8 Å². The molecule has 5 heteroatoms. The van der Waals surface area contributed by atoms with Gasteiger partial charge in [0, 0.05) is 24.6 Å². The van der Waals surface area contributed by atoms with E-state index < -0.39 is 0 Å². The highest BCUT2D eigenvalue weighted by molar-refractivity contribution is 5.78. The zero-order valence-corrected chi connectivity index (χ0v) is 15.0. The van der Waals surface area contributed by atoms with Gasteiger partial charge in [-0.1, -0.05) is 26.0 Å². The van der Waals surface area contributed by atoms with E-state index in [2.05, 4.69) is 24.1 Å². The summed E-state index contributed by atoms with van der Waals surface area (Å²) in [5.41, 5.74) is 0.878. The van der Waals surface area contributed by atoms with Gasteiger partial charge in [-0.15, -0.1) is 0 Å². The molecule has 0 radical (unpaired) electrons. The van der Waals surface area contributed by atoms with E-state index >= 15 is 0 Å². The molecule has 1 aromatic carbocycles. The Hall–Kier alpha value is -1.75. The van der Waals surface area contributed by atoms with Crippen LogP contribution < -0.4 is 10.1 Å². The first-order valence-corrected chi connectivity index (χ1v) is 8.95. The Kier molecular flexibility index (Phi) is 6.91. The van der Waals surface area contributed by atoms with Crippen molar-refractivity contribution in [2.45, 2.75) is 40.2 Å². The topological polar surface area (TPSA) is 61.8 Å². The van der Waals surface area contributed by atoms with Crippen LogP contribution in [0.4, 0.5) is 0 Å². The highest BCUT2D eigenvalue weighted by atomic mass is 16.5. The number of carbonyl (C=O) groups is 1. The molecule has 1 aliphatic heterocycles. The fourth-order valence-electron chi connectivity index (χ4n) is 3.01. The standard InChI is InChI=1S/C19H30N2O3/c1-4-24-17-7-5-6-16(18(17)22)13-21-10-8-15(9-11-21)19(23)20-12-14(2)3/h5-7,14-15,22H,4,8-13H2,1-3H3,(H,20,23). The van der Waals surface area contributed by atoms with E-state index in [0.717, 1.165) is 38.0 Å². The lowest BCUT2D eigenvalue weighted by atomic mass is 9.95. The van der Waals surface area contributed by atoms with Crippen molar-refractivity contribution >= 4 is 5.91 Å². The summed E-state index contributed by atoms with van der Waals surface area (Å²) in [4.78, 5) is 14.4. The molecule has 1 saturated heterocycles. The van der Waals surface area contributed by atoms with E-state index in [-0.39, 0.29) is 17.6 Å². The number of nitrogens with one attached hydrogen (secondary N) is 1. The van der Waals surface area contributed by atoms with Crippen molar-refractivity contribution in [3.05, 3.63) is 23.8 Å². The molecular formula is C19H30N2O3. The number of benzene rings is 1. The van der Waals surface area contributed by atoms with Crippen LogP contribution in [0.3, 0.4) is 0 Å². The molecule has 0 unspecified atom stereocenters. The lowest BCUT2D eigenvalue weighted by molar-refractivity contribution is -0.126. The second kappa shape index (κ2) is 8.92. The van der Waals surface area contributed by atoms with Crippen molar-refractivity contribution in [1.29, 1.82) is 0 Å². The molecule has 2 N–H and O–H groups in total. The minimum Gasteiger partial charge on any atom is -0.504 e. The van der Waals surface area contributed by atoms with Gasteiger partial charge in [0.05, 0.1) is 6.61 Å². The molecule has 24 heavy (non-hydrogen) atoms.